The average Bonchev–Trinajstić information content (AvgIpc) is 3.24. The van der Waals surface area contributed by atoms with Crippen molar-refractivity contribution < 1.29 is 18.7 Å². The van der Waals surface area contributed by atoms with Crippen LogP contribution in [0.25, 0.3) is 0 Å². The fraction of sp³-hybridized carbons (Fsp3) is 0.500. The molecule has 1 aromatic carbocycles. The number of rotatable bonds is 8. The summed E-state index contributed by atoms with van der Waals surface area (Å²) in [5.41, 5.74) is 1.08. The molecule has 0 bridgehead atoms. The van der Waals surface area contributed by atoms with Gasteiger partial charge in [0.15, 0.2) is 0 Å². The van der Waals surface area contributed by atoms with Crippen molar-refractivity contribution in [1.29, 1.82) is 0 Å². The Morgan fingerprint density at radius 3 is 2.62 bits per heavy atom. The molecule has 174 valence electrons. The van der Waals surface area contributed by atoms with E-state index in [4.69, 9.17) is 4.74 Å². The second kappa shape index (κ2) is 10.8. The van der Waals surface area contributed by atoms with Gasteiger partial charge in [-0.3, -0.25) is 4.79 Å². The number of fused-ring (bicyclic) bond motifs is 1. The summed E-state index contributed by atoms with van der Waals surface area (Å²) in [6.45, 7) is 8.62. The summed E-state index contributed by atoms with van der Waals surface area (Å²) in [5.74, 6) is 0.129. The second-order valence-electron chi connectivity index (χ2n) is 8.41. The SMILES string of the molecule is CC[C@H](C)N(CC(=O)N1CCc2sccc2[C@H]1COc1ccc(F)cc1)C(=O)NC(C)C. The number of nitrogens with one attached hydrogen (secondary N) is 1. The molecular weight excluding hydrogens is 429 g/mol. The summed E-state index contributed by atoms with van der Waals surface area (Å²) >= 11 is 1.68. The molecule has 0 unspecified atom stereocenters. The monoisotopic (exact) mass is 461 g/mol. The van der Waals surface area contributed by atoms with Gasteiger partial charge in [-0.25, -0.2) is 9.18 Å². The molecule has 32 heavy (non-hydrogen) atoms. The number of amides is 3. The van der Waals surface area contributed by atoms with Crippen LogP contribution in [-0.2, 0) is 11.2 Å². The maximum atomic E-state index is 13.4. The lowest BCUT2D eigenvalue weighted by Gasteiger charge is -2.38. The van der Waals surface area contributed by atoms with E-state index in [1.807, 2.05) is 44.0 Å². The first-order valence-corrected chi connectivity index (χ1v) is 12.0. The van der Waals surface area contributed by atoms with E-state index in [1.54, 1.807) is 28.4 Å². The standard InChI is InChI=1S/C24H32FN3O3S/c1-5-17(4)28(24(30)26-16(2)3)14-23(29)27-12-10-22-20(11-13-32-22)21(27)15-31-19-8-6-18(25)7-9-19/h6-9,11,13,16-17,21H,5,10,12,14-15H2,1-4H3,(H,26,30)/t17-,21+/m0/s1. The average molecular weight is 462 g/mol. The van der Waals surface area contributed by atoms with Gasteiger partial charge < -0.3 is 19.9 Å². The summed E-state index contributed by atoms with van der Waals surface area (Å²) in [5, 5.41) is 4.94. The molecular formula is C24H32FN3O3S. The number of nitrogens with zero attached hydrogens (tertiary/aromatic N) is 2. The van der Waals surface area contributed by atoms with E-state index in [1.165, 1.54) is 17.0 Å². The summed E-state index contributed by atoms with van der Waals surface area (Å²) < 4.78 is 19.2. The van der Waals surface area contributed by atoms with Crippen LogP contribution in [-0.4, -0.2) is 53.5 Å². The van der Waals surface area contributed by atoms with Crippen LogP contribution in [0.1, 0.15) is 50.6 Å². The molecule has 2 aromatic rings. The van der Waals surface area contributed by atoms with E-state index in [0.717, 1.165) is 18.4 Å². The number of benzene rings is 1. The topological polar surface area (TPSA) is 61.9 Å². The number of carbonyl (C=O) groups excluding carboxylic acids is 2. The highest BCUT2D eigenvalue weighted by Crippen LogP contribution is 2.34. The van der Waals surface area contributed by atoms with Gasteiger partial charge in [0.05, 0.1) is 6.04 Å². The van der Waals surface area contributed by atoms with Gasteiger partial charge in [-0.05, 0) is 74.9 Å². The third-order valence-corrected chi connectivity index (χ3v) is 6.73. The van der Waals surface area contributed by atoms with Crippen LogP contribution < -0.4 is 10.1 Å². The Bertz CT molecular complexity index is 915. The van der Waals surface area contributed by atoms with Gasteiger partial charge in [-0.2, -0.15) is 0 Å². The predicted molar refractivity (Wildman–Crippen MR) is 124 cm³/mol. The molecule has 8 heteroatoms. The van der Waals surface area contributed by atoms with Crippen molar-refractivity contribution in [2.24, 2.45) is 0 Å². The van der Waals surface area contributed by atoms with Crippen molar-refractivity contribution in [2.45, 2.75) is 58.7 Å². The summed E-state index contributed by atoms with van der Waals surface area (Å²) in [7, 11) is 0. The van der Waals surface area contributed by atoms with Crippen LogP contribution in [0.5, 0.6) is 5.75 Å². The first-order valence-electron chi connectivity index (χ1n) is 11.1. The maximum Gasteiger partial charge on any atom is 0.318 e. The van der Waals surface area contributed by atoms with Crippen molar-refractivity contribution >= 4 is 23.3 Å². The molecule has 0 fully saturated rings. The maximum absolute atomic E-state index is 13.4. The molecule has 0 spiro atoms. The second-order valence-corrected chi connectivity index (χ2v) is 9.41. The van der Waals surface area contributed by atoms with Crippen LogP contribution in [0.4, 0.5) is 9.18 Å². The lowest BCUT2D eigenvalue weighted by atomic mass is 10.00. The Morgan fingerprint density at radius 2 is 1.97 bits per heavy atom. The van der Waals surface area contributed by atoms with Crippen molar-refractivity contribution in [2.75, 3.05) is 19.7 Å². The summed E-state index contributed by atoms with van der Waals surface area (Å²) in [6, 6.07) is 7.36. The molecule has 1 N–H and O–H groups in total. The minimum absolute atomic E-state index is 0.00985. The Morgan fingerprint density at radius 1 is 1.25 bits per heavy atom. The molecule has 3 amide bonds. The third-order valence-electron chi connectivity index (χ3n) is 5.74. The van der Waals surface area contributed by atoms with Gasteiger partial charge in [0.25, 0.3) is 0 Å². The quantitative estimate of drug-likeness (QED) is 0.625. The minimum atomic E-state index is -0.322. The number of carbonyl (C=O) groups is 2. The molecule has 0 saturated carbocycles. The number of hydrogen-bond donors (Lipinski definition) is 1. The zero-order valence-electron chi connectivity index (χ0n) is 19.1. The van der Waals surface area contributed by atoms with E-state index in [9.17, 15) is 14.0 Å². The Hall–Kier alpha value is -2.61. The zero-order valence-corrected chi connectivity index (χ0v) is 20.0. The molecule has 2 atom stereocenters. The Balaban J connectivity index is 1.77. The van der Waals surface area contributed by atoms with Crippen molar-refractivity contribution in [3.8, 4) is 5.75 Å². The normalized spacial score (nSPS) is 16.4. The van der Waals surface area contributed by atoms with Crippen LogP contribution in [0.15, 0.2) is 35.7 Å². The van der Waals surface area contributed by atoms with Gasteiger partial charge in [0, 0.05) is 23.5 Å². The van der Waals surface area contributed by atoms with Crippen LogP contribution in [0.3, 0.4) is 0 Å². The number of hydrogen-bond acceptors (Lipinski definition) is 4. The molecule has 1 aliphatic heterocycles. The van der Waals surface area contributed by atoms with Crippen molar-refractivity contribution in [1.82, 2.24) is 15.1 Å². The van der Waals surface area contributed by atoms with E-state index < -0.39 is 0 Å². The predicted octanol–water partition coefficient (Wildman–Crippen LogP) is 4.61. The highest BCUT2D eigenvalue weighted by molar-refractivity contribution is 7.10. The van der Waals surface area contributed by atoms with E-state index in [0.29, 0.717) is 12.3 Å². The molecule has 6 nitrogen and oxygen atoms in total. The number of thiophene rings is 1. The highest BCUT2D eigenvalue weighted by Gasteiger charge is 2.34. The van der Waals surface area contributed by atoms with Gasteiger partial charge >= 0.3 is 6.03 Å². The fourth-order valence-corrected chi connectivity index (χ4v) is 4.72. The van der Waals surface area contributed by atoms with E-state index >= 15 is 0 Å². The molecule has 0 radical (unpaired) electrons. The first kappa shape index (κ1) is 24.0. The van der Waals surface area contributed by atoms with Gasteiger partial charge in [0.2, 0.25) is 5.91 Å². The molecule has 0 aliphatic carbocycles. The largest absolute Gasteiger partial charge is 0.491 e. The molecule has 1 aromatic heterocycles. The number of ether oxygens (including phenoxy) is 1. The van der Waals surface area contributed by atoms with Crippen LogP contribution >= 0.6 is 11.3 Å². The smallest absolute Gasteiger partial charge is 0.318 e. The van der Waals surface area contributed by atoms with Gasteiger partial charge in [-0.1, -0.05) is 6.92 Å². The van der Waals surface area contributed by atoms with E-state index in [-0.39, 0.29) is 49.0 Å². The molecule has 2 heterocycles. The molecule has 1 aliphatic rings. The van der Waals surface area contributed by atoms with Crippen LogP contribution in [0.2, 0.25) is 0 Å². The van der Waals surface area contributed by atoms with Crippen molar-refractivity contribution in [3.63, 3.8) is 0 Å². The summed E-state index contributed by atoms with van der Waals surface area (Å²) in [4.78, 5) is 30.8. The molecule has 3 rings (SSSR count). The lowest BCUT2D eigenvalue weighted by Crippen LogP contribution is -2.53. The summed E-state index contributed by atoms with van der Waals surface area (Å²) in [6.07, 6.45) is 1.54. The highest BCUT2D eigenvalue weighted by atomic mass is 32.1. The number of halogens is 1. The van der Waals surface area contributed by atoms with Crippen LogP contribution in [0, 0.1) is 5.82 Å². The van der Waals surface area contributed by atoms with Gasteiger partial charge in [-0.15, -0.1) is 11.3 Å². The Kier molecular flexibility index (Phi) is 8.12. The third kappa shape index (κ3) is 5.79. The zero-order chi connectivity index (χ0) is 23.3. The van der Waals surface area contributed by atoms with Gasteiger partial charge in [0.1, 0.15) is 24.7 Å². The number of urea groups is 1. The van der Waals surface area contributed by atoms with Crippen molar-refractivity contribution in [3.05, 3.63) is 52.0 Å². The van der Waals surface area contributed by atoms with E-state index in [2.05, 4.69) is 5.32 Å². The fourth-order valence-electron chi connectivity index (χ4n) is 3.80. The molecule has 0 saturated heterocycles. The Labute approximate surface area is 193 Å². The lowest BCUT2D eigenvalue weighted by molar-refractivity contribution is -0.136. The minimum Gasteiger partial charge on any atom is -0.491 e. The first-order chi connectivity index (χ1) is 15.3.